The van der Waals surface area contributed by atoms with E-state index < -0.39 is 0 Å². The molecule has 2 aliphatic rings. The molecule has 1 N–H and O–H groups in total. The van der Waals surface area contributed by atoms with Crippen molar-refractivity contribution in [2.24, 2.45) is 0 Å². The van der Waals surface area contributed by atoms with Crippen molar-refractivity contribution in [1.82, 2.24) is 29.9 Å². The van der Waals surface area contributed by atoms with Crippen LogP contribution in [-0.4, -0.2) is 24.5 Å². The molecule has 3 heterocycles. The third kappa shape index (κ3) is 2.73. The first-order chi connectivity index (χ1) is 12.8. The van der Waals surface area contributed by atoms with E-state index in [0.717, 1.165) is 61.1 Å². The van der Waals surface area contributed by atoms with E-state index in [2.05, 4.69) is 42.1 Å². The van der Waals surface area contributed by atoms with E-state index in [9.17, 15) is 0 Å². The van der Waals surface area contributed by atoms with E-state index in [1.807, 2.05) is 24.4 Å². The lowest BCUT2D eigenvalue weighted by Crippen LogP contribution is -2.20. The van der Waals surface area contributed by atoms with Crippen molar-refractivity contribution in [2.75, 3.05) is 0 Å². The molecule has 6 nitrogen and oxygen atoms in total. The zero-order valence-corrected chi connectivity index (χ0v) is 15.2. The highest BCUT2D eigenvalue weighted by Gasteiger charge is 2.29. The molecule has 1 aliphatic carbocycles. The van der Waals surface area contributed by atoms with Crippen LogP contribution in [0.25, 0.3) is 5.69 Å². The first kappa shape index (κ1) is 16.0. The molecule has 2 aromatic heterocycles. The number of nitrogens with one attached hydrogen (secondary N) is 1. The number of benzene rings is 1. The molecule has 1 aromatic carbocycles. The summed E-state index contributed by atoms with van der Waals surface area (Å²) in [6.45, 7) is 1.52. The van der Waals surface area contributed by atoms with E-state index in [4.69, 9.17) is 11.6 Å². The Hall–Kier alpha value is -2.18. The van der Waals surface area contributed by atoms with Gasteiger partial charge in [0.2, 0.25) is 0 Å². The zero-order chi connectivity index (χ0) is 17.5. The van der Waals surface area contributed by atoms with Crippen LogP contribution in [0.1, 0.15) is 54.9 Å². The lowest BCUT2D eigenvalue weighted by atomic mass is 9.85. The molecular weight excluding hydrogens is 348 g/mol. The van der Waals surface area contributed by atoms with Crippen molar-refractivity contribution < 1.29 is 0 Å². The summed E-state index contributed by atoms with van der Waals surface area (Å²) in [7, 11) is 0. The number of aromatic nitrogens is 5. The van der Waals surface area contributed by atoms with Crippen LogP contribution in [-0.2, 0) is 13.1 Å². The zero-order valence-electron chi connectivity index (χ0n) is 14.5. The minimum atomic E-state index is 0.435. The van der Waals surface area contributed by atoms with Gasteiger partial charge in [-0.25, -0.2) is 0 Å². The molecular formula is C19H21ClN6. The minimum Gasteiger partial charge on any atom is -0.306 e. The van der Waals surface area contributed by atoms with Crippen molar-refractivity contribution in [3.63, 3.8) is 0 Å². The number of nitrogens with zero attached hydrogens (tertiary/aromatic N) is 5. The standard InChI is InChI=1S/C19H21ClN6/c20-15-4-7-17-14(10-15)11-21-12-18-23-24-19(26(17)18)13-2-5-16(6-3-13)25-9-1-8-22-25/h1,4,7-10,13,16,21H,2-3,5-6,11-12H2/t13-,16+. The van der Waals surface area contributed by atoms with Crippen molar-refractivity contribution in [1.29, 1.82) is 0 Å². The van der Waals surface area contributed by atoms with Gasteiger partial charge in [-0.05, 0) is 55.5 Å². The molecule has 7 heteroatoms. The Labute approximate surface area is 157 Å². The van der Waals surface area contributed by atoms with E-state index in [-0.39, 0.29) is 0 Å². The molecule has 3 aromatic rings. The maximum absolute atomic E-state index is 6.21. The summed E-state index contributed by atoms with van der Waals surface area (Å²) in [5.74, 6) is 2.51. The predicted octanol–water partition coefficient (Wildman–Crippen LogP) is 3.62. The van der Waals surface area contributed by atoms with Gasteiger partial charge in [-0.1, -0.05) is 11.6 Å². The fraction of sp³-hybridized carbons (Fsp3) is 0.421. The Bertz CT molecular complexity index is 908. The molecule has 0 radical (unpaired) electrons. The SMILES string of the molecule is Clc1ccc2c(c1)CNCc1nnc([C@H]3CC[C@@H](n4cccn4)CC3)n1-2. The van der Waals surface area contributed by atoms with Crippen LogP contribution < -0.4 is 5.32 Å². The number of fused-ring (bicyclic) bond motifs is 3. The Morgan fingerprint density at radius 1 is 1.08 bits per heavy atom. The highest BCUT2D eigenvalue weighted by molar-refractivity contribution is 6.30. The minimum absolute atomic E-state index is 0.435. The van der Waals surface area contributed by atoms with Gasteiger partial charge in [-0.3, -0.25) is 9.25 Å². The summed E-state index contributed by atoms with van der Waals surface area (Å²) in [5, 5.41) is 17.7. The number of hydrogen-bond donors (Lipinski definition) is 1. The average molecular weight is 369 g/mol. The quantitative estimate of drug-likeness (QED) is 0.750. The van der Waals surface area contributed by atoms with Crippen molar-refractivity contribution in [3.05, 3.63) is 58.9 Å². The fourth-order valence-corrected chi connectivity index (χ4v) is 4.48. The van der Waals surface area contributed by atoms with E-state index >= 15 is 0 Å². The normalized spacial score (nSPS) is 22.5. The summed E-state index contributed by atoms with van der Waals surface area (Å²) in [6.07, 6.45) is 8.40. The van der Waals surface area contributed by atoms with Gasteiger partial charge in [-0.2, -0.15) is 5.10 Å². The highest BCUT2D eigenvalue weighted by Crippen LogP contribution is 2.38. The fourth-order valence-electron chi connectivity index (χ4n) is 4.29. The van der Waals surface area contributed by atoms with Crippen LogP contribution in [0.2, 0.25) is 5.02 Å². The molecule has 1 fully saturated rings. The van der Waals surface area contributed by atoms with Crippen LogP contribution in [0.4, 0.5) is 0 Å². The molecule has 0 atom stereocenters. The van der Waals surface area contributed by atoms with E-state index in [1.54, 1.807) is 0 Å². The third-order valence-corrected chi connectivity index (χ3v) is 5.83. The monoisotopic (exact) mass is 368 g/mol. The average Bonchev–Trinajstić information content (AvgIpc) is 3.30. The second-order valence-electron chi connectivity index (χ2n) is 7.18. The summed E-state index contributed by atoms with van der Waals surface area (Å²) < 4.78 is 4.35. The number of halogens is 1. The maximum Gasteiger partial charge on any atom is 0.151 e. The molecule has 0 unspecified atom stereocenters. The lowest BCUT2D eigenvalue weighted by molar-refractivity contribution is 0.297. The van der Waals surface area contributed by atoms with Crippen molar-refractivity contribution in [2.45, 2.75) is 50.7 Å². The second kappa shape index (κ2) is 6.52. The molecule has 1 saturated carbocycles. The second-order valence-corrected chi connectivity index (χ2v) is 7.61. The Morgan fingerprint density at radius 3 is 2.77 bits per heavy atom. The molecule has 5 rings (SSSR count). The molecule has 134 valence electrons. The van der Waals surface area contributed by atoms with Crippen LogP contribution >= 0.6 is 11.6 Å². The lowest BCUT2D eigenvalue weighted by Gasteiger charge is -2.28. The topological polar surface area (TPSA) is 60.6 Å². The summed E-state index contributed by atoms with van der Waals surface area (Å²) >= 11 is 6.21. The van der Waals surface area contributed by atoms with Crippen molar-refractivity contribution >= 4 is 11.6 Å². The molecule has 1 aliphatic heterocycles. The van der Waals surface area contributed by atoms with Crippen LogP contribution in [0.3, 0.4) is 0 Å². The van der Waals surface area contributed by atoms with Gasteiger partial charge in [0, 0.05) is 29.9 Å². The first-order valence-electron chi connectivity index (χ1n) is 9.22. The van der Waals surface area contributed by atoms with Gasteiger partial charge < -0.3 is 5.32 Å². The Balaban J connectivity index is 1.46. The summed E-state index contributed by atoms with van der Waals surface area (Å²) in [6, 6.07) is 8.59. The van der Waals surface area contributed by atoms with Gasteiger partial charge in [-0.15, -0.1) is 10.2 Å². The van der Waals surface area contributed by atoms with Crippen LogP contribution in [0.5, 0.6) is 0 Å². The van der Waals surface area contributed by atoms with E-state index in [0.29, 0.717) is 12.0 Å². The molecule has 26 heavy (non-hydrogen) atoms. The van der Waals surface area contributed by atoms with Crippen LogP contribution in [0.15, 0.2) is 36.7 Å². The Kier molecular flexibility index (Phi) is 4.02. The van der Waals surface area contributed by atoms with Gasteiger partial charge in [0.15, 0.2) is 5.82 Å². The number of hydrogen-bond acceptors (Lipinski definition) is 4. The summed E-state index contributed by atoms with van der Waals surface area (Å²) in [4.78, 5) is 0. The van der Waals surface area contributed by atoms with Crippen molar-refractivity contribution in [3.8, 4) is 5.69 Å². The third-order valence-electron chi connectivity index (χ3n) is 5.60. The van der Waals surface area contributed by atoms with Gasteiger partial charge in [0.1, 0.15) is 5.82 Å². The smallest absolute Gasteiger partial charge is 0.151 e. The van der Waals surface area contributed by atoms with Gasteiger partial charge in [0.05, 0.1) is 18.3 Å². The van der Waals surface area contributed by atoms with Gasteiger partial charge >= 0.3 is 0 Å². The first-order valence-corrected chi connectivity index (χ1v) is 9.60. The molecule has 0 amide bonds. The molecule has 0 saturated heterocycles. The summed E-state index contributed by atoms with van der Waals surface area (Å²) in [5.41, 5.74) is 2.35. The highest BCUT2D eigenvalue weighted by atomic mass is 35.5. The molecule has 0 spiro atoms. The number of rotatable bonds is 2. The van der Waals surface area contributed by atoms with Crippen LogP contribution in [0, 0.1) is 0 Å². The molecule has 0 bridgehead atoms. The van der Waals surface area contributed by atoms with E-state index in [1.165, 1.54) is 5.56 Å². The largest absolute Gasteiger partial charge is 0.306 e. The predicted molar refractivity (Wildman–Crippen MR) is 99.4 cm³/mol. The van der Waals surface area contributed by atoms with Gasteiger partial charge in [0.25, 0.3) is 0 Å². The Morgan fingerprint density at radius 2 is 1.96 bits per heavy atom. The maximum atomic E-state index is 6.21.